The van der Waals surface area contributed by atoms with Gasteiger partial charge in [0.15, 0.2) is 0 Å². The first-order chi connectivity index (χ1) is 9.62. The molecule has 0 spiro atoms. The third-order valence-corrected chi connectivity index (χ3v) is 5.66. The summed E-state index contributed by atoms with van der Waals surface area (Å²) in [5.41, 5.74) is 1.06. The van der Waals surface area contributed by atoms with Crippen LogP contribution in [0, 0.1) is 5.92 Å². The van der Waals surface area contributed by atoms with E-state index in [2.05, 4.69) is 4.84 Å². The molecule has 0 radical (unpaired) electrons. The van der Waals surface area contributed by atoms with Crippen LogP contribution in [0.2, 0.25) is 0 Å². The molecule has 0 amide bonds. The number of sulfonamides is 1. The molecule has 20 heavy (non-hydrogen) atoms. The lowest BCUT2D eigenvalue weighted by Gasteiger charge is -2.30. The van der Waals surface area contributed by atoms with Gasteiger partial charge in [-0.1, -0.05) is 30.3 Å². The fraction of sp³-hybridized carbons (Fsp3) is 0.571. The van der Waals surface area contributed by atoms with Crippen molar-refractivity contribution in [2.45, 2.75) is 19.3 Å². The van der Waals surface area contributed by atoms with Crippen LogP contribution in [0.4, 0.5) is 0 Å². The summed E-state index contributed by atoms with van der Waals surface area (Å²) < 4.78 is 26.2. The highest BCUT2D eigenvalue weighted by atomic mass is 32.2. The van der Waals surface area contributed by atoms with E-state index in [1.807, 2.05) is 30.3 Å². The molecule has 0 saturated carbocycles. The van der Waals surface area contributed by atoms with E-state index in [0.717, 1.165) is 18.4 Å². The van der Waals surface area contributed by atoms with E-state index in [1.54, 1.807) is 4.31 Å². The van der Waals surface area contributed by atoms with Gasteiger partial charge < -0.3 is 4.84 Å². The van der Waals surface area contributed by atoms with Crippen molar-refractivity contribution in [2.24, 2.45) is 11.8 Å². The SMILES string of the molecule is NOCC1CCN(S(=O)(=O)CCc2ccccc2)CC1. The maximum atomic E-state index is 12.3. The van der Waals surface area contributed by atoms with Crippen LogP contribution < -0.4 is 5.90 Å². The lowest BCUT2D eigenvalue weighted by atomic mass is 9.99. The summed E-state index contributed by atoms with van der Waals surface area (Å²) in [4.78, 5) is 4.64. The number of aryl methyl sites for hydroxylation is 1. The number of nitrogens with two attached hydrogens (primary N) is 1. The van der Waals surface area contributed by atoms with Crippen molar-refractivity contribution in [3.63, 3.8) is 0 Å². The van der Waals surface area contributed by atoms with Gasteiger partial charge in [0, 0.05) is 13.1 Å². The Hall–Kier alpha value is -0.950. The summed E-state index contributed by atoms with van der Waals surface area (Å²) in [6, 6.07) is 9.71. The molecule has 1 aliphatic rings. The third kappa shape index (κ3) is 4.28. The predicted molar refractivity (Wildman–Crippen MR) is 78.4 cm³/mol. The van der Waals surface area contributed by atoms with Crippen LogP contribution in [0.25, 0.3) is 0 Å². The van der Waals surface area contributed by atoms with Crippen LogP contribution in [0.15, 0.2) is 30.3 Å². The lowest BCUT2D eigenvalue weighted by Crippen LogP contribution is -2.41. The fourth-order valence-electron chi connectivity index (χ4n) is 2.51. The maximum Gasteiger partial charge on any atom is 0.214 e. The minimum Gasteiger partial charge on any atom is -0.304 e. The van der Waals surface area contributed by atoms with Crippen LogP contribution in [0.1, 0.15) is 18.4 Å². The summed E-state index contributed by atoms with van der Waals surface area (Å²) in [6.07, 6.45) is 2.21. The van der Waals surface area contributed by atoms with Gasteiger partial charge in [0.05, 0.1) is 12.4 Å². The number of hydrogen-bond donors (Lipinski definition) is 1. The molecule has 1 heterocycles. The maximum absolute atomic E-state index is 12.3. The molecule has 1 fully saturated rings. The van der Waals surface area contributed by atoms with Crippen molar-refractivity contribution < 1.29 is 13.3 Å². The van der Waals surface area contributed by atoms with E-state index in [-0.39, 0.29) is 5.75 Å². The number of benzene rings is 1. The van der Waals surface area contributed by atoms with Crippen LogP contribution in [0.3, 0.4) is 0 Å². The molecule has 0 aromatic heterocycles. The minimum atomic E-state index is -3.16. The Morgan fingerprint density at radius 1 is 1.20 bits per heavy atom. The van der Waals surface area contributed by atoms with Crippen LogP contribution in [0.5, 0.6) is 0 Å². The van der Waals surface area contributed by atoms with Gasteiger partial charge in [-0.15, -0.1) is 0 Å². The molecule has 0 bridgehead atoms. The molecular formula is C14H22N2O3S. The number of hydrogen-bond acceptors (Lipinski definition) is 4. The number of nitrogens with zero attached hydrogens (tertiary/aromatic N) is 1. The summed E-state index contributed by atoms with van der Waals surface area (Å²) in [7, 11) is -3.16. The van der Waals surface area contributed by atoms with Crippen LogP contribution in [-0.4, -0.2) is 38.2 Å². The van der Waals surface area contributed by atoms with Gasteiger partial charge in [-0.25, -0.2) is 18.6 Å². The Labute approximate surface area is 120 Å². The van der Waals surface area contributed by atoms with E-state index in [9.17, 15) is 8.42 Å². The Morgan fingerprint density at radius 2 is 1.85 bits per heavy atom. The van der Waals surface area contributed by atoms with Gasteiger partial charge in [0.1, 0.15) is 0 Å². The molecule has 1 aliphatic heterocycles. The second-order valence-electron chi connectivity index (χ2n) is 5.23. The van der Waals surface area contributed by atoms with E-state index in [1.165, 1.54) is 0 Å². The summed E-state index contributed by atoms with van der Waals surface area (Å²) in [5.74, 6) is 5.61. The quantitative estimate of drug-likeness (QED) is 0.800. The molecule has 1 aromatic carbocycles. The van der Waals surface area contributed by atoms with E-state index in [4.69, 9.17) is 5.90 Å². The van der Waals surface area contributed by atoms with Crippen molar-refractivity contribution in [3.8, 4) is 0 Å². The topological polar surface area (TPSA) is 72.6 Å². The van der Waals surface area contributed by atoms with Crippen LogP contribution >= 0.6 is 0 Å². The smallest absolute Gasteiger partial charge is 0.214 e. The number of piperidine rings is 1. The second kappa shape index (κ2) is 7.17. The Morgan fingerprint density at radius 3 is 2.45 bits per heavy atom. The van der Waals surface area contributed by atoms with Gasteiger partial charge in [0.25, 0.3) is 0 Å². The molecule has 6 heteroatoms. The molecule has 0 aliphatic carbocycles. The molecular weight excluding hydrogens is 276 g/mol. The highest BCUT2D eigenvalue weighted by Crippen LogP contribution is 2.20. The first-order valence-corrected chi connectivity index (χ1v) is 8.56. The largest absolute Gasteiger partial charge is 0.304 e. The van der Waals surface area contributed by atoms with Crippen molar-refractivity contribution in [1.29, 1.82) is 0 Å². The average Bonchev–Trinajstić information content (AvgIpc) is 2.47. The second-order valence-corrected chi connectivity index (χ2v) is 7.32. The highest BCUT2D eigenvalue weighted by Gasteiger charge is 2.27. The summed E-state index contributed by atoms with van der Waals surface area (Å²) in [6.45, 7) is 1.66. The van der Waals surface area contributed by atoms with Gasteiger partial charge >= 0.3 is 0 Å². The van der Waals surface area contributed by atoms with Crippen molar-refractivity contribution in [1.82, 2.24) is 4.31 Å². The first-order valence-electron chi connectivity index (χ1n) is 6.95. The van der Waals surface area contributed by atoms with Crippen LogP contribution in [-0.2, 0) is 21.3 Å². The average molecular weight is 298 g/mol. The fourth-order valence-corrected chi connectivity index (χ4v) is 4.03. The molecule has 2 N–H and O–H groups in total. The normalized spacial score (nSPS) is 18.2. The van der Waals surface area contributed by atoms with E-state index >= 15 is 0 Å². The molecule has 112 valence electrons. The molecule has 0 unspecified atom stereocenters. The Kier molecular flexibility index (Phi) is 5.54. The Bertz CT molecular complexity index is 496. The van der Waals surface area contributed by atoms with E-state index in [0.29, 0.717) is 32.0 Å². The molecule has 0 atom stereocenters. The molecule has 5 nitrogen and oxygen atoms in total. The van der Waals surface area contributed by atoms with Crippen molar-refractivity contribution in [3.05, 3.63) is 35.9 Å². The Balaban J connectivity index is 1.85. The zero-order valence-corrected chi connectivity index (χ0v) is 12.4. The molecule has 1 saturated heterocycles. The standard InChI is InChI=1S/C14H22N2O3S/c15-19-12-14-6-9-16(10-7-14)20(17,18)11-8-13-4-2-1-3-5-13/h1-5,14H,6-12,15H2. The van der Waals surface area contributed by atoms with Gasteiger partial charge in [-0.3, -0.25) is 0 Å². The predicted octanol–water partition coefficient (Wildman–Crippen LogP) is 1.16. The number of rotatable bonds is 6. The highest BCUT2D eigenvalue weighted by molar-refractivity contribution is 7.89. The van der Waals surface area contributed by atoms with E-state index < -0.39 is 10.0 Å². The lowest BCUT2D eigenvalue weighted by molar-refractivity contribution is 0.0805. The molecule has 2 rings (SSSR count). The zero-order chi connectivity index (χ0) is 14.4. The molecule has 1 aromatic rings. The minimum absolute atomic E-state index is 0.176. The van der Waals surface area contributed by atoms with Crippen molar-refractivity contribution in [2.75, 3.05) is 25.4 Å². The monoisotopic (exact) mass is 298 g/mol. The summed E-state index contributed by atoms with van der Waals surface area (Å²) >= 11 is 0. The zero-order valence-electron chi connectivity index (χ0n) is 11.6. The first kappa shape index (κ1) is 15.4. The van der Waals surface area contributed by atoms with Gasteiger partial charge in [-0.05, 0) is 30.7 Å². The third-order valence-electron chi connectivity index (χ3n) is 3.79. The van der Waals surface area contributed by atoms with Gasteiger partial charge in [0.2, 0.25) is 10.0 Å². The van der Waals surface area contributed by atoms with Gasteiger partial charge in [-0.2, -0.15) is 0 Å². The summed E-state index contributed by atoms with van der Waals surface area (Å²) in [5, 5.41) is 0. The van der Waals surface area contributed by atoms with Crippen molar-refractivity contribution >= 4 is 10.0 Å².